The average molecular weight is 671 g/mol. The van der Waals surface area contributed by atoms with Crippen LogP contribution < -0.4 is 15.5 Å². The number of rotatable bonds is 10. The second-order valence-electron chi connectivity index (χ2n) is 14.7. The van der Waals surface area contributed by atoms with E-state index in [4.69, 9.17) is 23.8 Å². The van der Waals surface area contributed by atoms with Gasteiger partial charge in [0.05, 0.1) is 42.0 Å². The van der Waals surface area contributed by atoms with Crippen molar-refractivity contribution < 1.29 is 33.6 Å². The number of H-pyrrole nitrogens is 1. The zero-order valence-corrected chi connectivity index (χ0v) is 29.7. The SMILES string of the molecule is COC[C@H]1C[C@@H](c2nc3ccc4cc5c(cc4c3[nH]2)OCc2cc(BOC(C)(C)C(C)(C)O)ccc2-5)N(C(=O)[C@@H](NC(=O)OC)C(C)C)C1. The van der Waals surface area contributed by atoms with E-state index in [1.165, 1.54) is 7.11 Å². The van der Waals surface area contributed by atoms with Crippen LogP contribution in [0, 0.1) is 11.8 Å². The molecule has 2 amide bonds. The zero-order valence-electron chi connectivity index (χ0n) is 29.7. The van der Waals surface area contributed by atoms with Crippen molar-refractivity contribution in [1.29, 1.82) is 0 Å². The molecule has 260 valence electrons. The summed E-state index contributed by atoms with van der Waals surface area (Å²) in [6.45, 7) is 12.5. The first kappa shape index (κ1) is 34.7. The summed E-state index contributed by atoms with van der Waals surface area (Å²) in [6.07, 6.45) is 0.0399. The number of hydrogen-bond acceptors (Lipinski definition) is 8. The standard InChI is InChI=1S/C37H47BN4O7/c1-20(2)31(41-35(44)47-8)34(43)42-17-21(18-46-7)13-29(42)33-39-28-12-9-22-15-27-25-11-10-24(38-49-37(5,6)36(3,4)45)14-23(25)19-48-30(27)16-26(22)32(28)40-33/h9-12,14-16,20-21,29,31,38,45H,13,17-19H2,1-8H3,(H,39,40)(H,41,44)/t21-,29-,31-/m0/s1. The third-order valence-corrected chi connectivity index (χ3v) is 10.3. The van der Waals surface area contributed by atoms with Crippen LogP contribution in [-0.2, 0) is 25.5 Å². The van der Waals surface area contributed by atoms with Crippen molar-refractivity contribution >= 4 is 46.8 Å². The second kappa shape index (κ2) is 13.3. The number of benzene rings is 3. The van der Waals surface area contributed by atoms with Gasteiger partial charge in [-0.2, -0.15) is 0 Å². The summed E-state index contributed by atoms with van der Waals surface area (Å²) >= 11 is 0. The number of imidazole rings is 1. The summed E-state index contributed by atoms with van der Waals surface area (Å²) in [6, 6.07) is 13.5. The lowest BCUT2D eigenvalue weighted by Gasteiger charge is -2.37. The van der Waals surface area contributed by atoms with Crippen molar-refractivity contribution in [3.05, 3.63) is 53.9 Å². The second-order valence-corrected chi connectivity index (χ2v) is 14.7. The molecule has 49 heavy (non-hydrogen) atoms. The first-order valence-corrected chi connectivity index (χ1v) is 16.9. The quantitative estimate of drug-likeness (QED) is 0.206. The first-order chi connectivity index (χ1) is 23.2. The molecule has 0 bridgehead atoms. The fourth-order valence-electron chi connectivity index (χ4n) is 6.71. The van der Waals surface area contributed by atoms with E-state index in [1.54, 1.807) is 21.0 Å². The van der Waals surface area contributed by atoms with Gasteiger partial charge in [0, 0.05) is 30.5 Å². The van der Waals surface area contributed by atoms with E-state index in [-0.39, 0.29) is 23.8 Å². The van der Waals surface area contributed by atoms with Gasteiger partial charge in [-0.05, 0) is 74.7 Å². The smallest absolute Gasteiger partial charge is 0.407 e. The fraction of sp³-hybridized carbons (Fsp3) is 0.486. The molecule has 2 aliphatic heterocycles. The number of carbonyl (C=O) groups excluding carboxylic acids is 2. The van der Waals surface area contributed by atoms with Gasteiger partial charge in [0.1, 0.15) is 24.2 Å². The molecule has 2 aliphatic rings. The first-order valence-electron chi connectivity index (χ1n) is 16.9. The summed E-state index contributed by atoms with van der Waals surface area (Å²) in [7, 11) is 3.33. The van der Waals surface area contributed by atoms with Crippen LogP contribution in [0.3, 0.4) is 0 Å². The lowest BCUT2D eigenvalue weighted by atomic mass is 9.80. The Kier molecular flexibility index (Phi) is 9.43. The van der Waals surface area contributed by atoms with Crippen molar-refractivity contribution in [2.75, 3.05) is 27.4 Å². The normalized spacial score (nSPS) is 18.3. The summed E-state index contributed by atoms with van der Waals surface area (Å²) in [5.41, 5.74) is 4.22. The highest BCUT2D eigenvalue weighted by Crippen LogP contribution is 2.42. The Hall–Kier alpha value is -4.13. The Morgan fingerprint density at radius 1 is 1.12 bits per heavy atom. The molecule has 6 rings (SSSR count). The number of nitrogens with one attached hydrogen (secondary N) is 2. The van der Waals surface area contributed by atoms with Gasteiger partial charge in [0.2, 0.25) is 5.91 Å². The van der Waals surface area contributed by atoms with E-state index in [1.807, 2.05) is 38.7 Å². The molecule has 3 atom stereocenters. The highest BCUT2D eigenvalue weighted by atomic mass is 16.5. The van der Waals surface area contributed by atoms with E-state index in [0.29, 0.717) is 39.5 Å². The Morgan fingerprint density at radius 3 is 2.59 bits per heavy atom. The number of aliphatic hydroxyl groups is 1. The lowest BCUT2D eigenvalue weighted by molar-refractivity contribution is -0.135. The van der Waals surface area contributed by atoms with Gasteiger partial charge in [-0.15, -0.1) is 0 Å². The van der Waals surface area contributed by atoms with Gasteiger partial charge < -0.3 is 39.2 Å². The predicted octanol–water partition coefficient (Wildman–Crippen LogP) is 4.74. The van der Waals surface area contributed by atoms with Crippen molar-refractivity contribution in [2.24, 2.45) is 11.8 Å². The van der Waals surface area contributed by atoms with Crippen LogP contribution in [0.25, 0.3) is 32.9 Å². The summed E-state index contributed by atoms with van der Waals surface area (Å²) in [5, 5.41) is 15.2. The Balaban J connectivity index is 1.31. The molecule has 3 aromatic carbocycles. The van der Waals surface area contributed by atoms with Gasteiger partial charge in [-0.3, -0.25) is 4.79 Å². The number of methoxy groups -OCH3 is 2. The Bertz CT molecular complexity index is 1880. The lowest BCUT2D eigenvalue weighted by Crippen LogP contribution is -2.51. The van der Waals surface area contributed by atoms with Gasteiger partial charge in [-0.25, -0.2) is 9.78 Å². The van der Waals surface area contributed by atoms with Crippen LogP contribution in [0.4, 0.5) is 4.79 Å². The monoisotopic (exact) mass is 670 g/mol. The number of nitrogens with zero attached hydrogens (tertiary/aromatic N) is 2. The van der Waals surface area contributed by atoms with Crippen LogP contribution >= 0.6 is 0 Å². The summed E-state index contributed by atoms with van der Waals surface area (Å²) < 4.78 is 22.7. The predicted molar refractivity (Wildman–Crippen MR) is 190 cm³/mol. The molecular formula is C37H47BN4O7. The highest BCUT2D eigenvalue weighted by molar-refractivity contribution is 6.47. The van der Waals surface area contributed by atoms with E-state index in [0.717, 1.165) is 49.7 Å². The van der Waals surface area contributed by atoms with Gasteiger partial charge in [-0.1, -0.05) is 43.6 Å². The maximum Gasteiger partial charge on any atom is 0.407 e. The highest BCUT2D eigenvalue weighted by Gasteiger charge is 2.42. The minimum Gasteiger partial charge on any atom is -0.488 e. The summed E-state index contributed by atoms with van der Waals surface area (Å²) in [5.74, 6) is 1.29. The molecular weight excluding hydrogens is 623 g/mol. The molecule has 0 radical (unpaired) electrons. The molecule has 1 saturated heterocycles. The average Bonchev–Trinajstić information content (AvgIpc) is 3.69. The van der Waals surface area contributed by atoms with Crippen molar-refractivity contribution in [3.63, 3.8) is 0 Å². The molecule has 4 aromatic rings. The van der Waals surface area contributed by atoms with E-state index >= 15 is 0 Å². The molecule has 0 saturated carbocycles. The molecule has 0 aliphatic carbocycles. The zero-order chi connectivity index (χ0) is 35.2. The molecule has 3 heterocycles. The van der Waals surface area contributed by atoms with Crippen LogP contribution in [-0.4, -0.2) is 84.1 Å². The van der Waals surface area contributed by atoms with E-state index in [9.17, 15) is 14.7 Å². The minimum atomic E-state index is -0.981. The van der Waals surface area contributed by atoms with Crippen LogP contribution in [0.15, 0.2) is 42.5 Å². The summed E-state index contributed by atoms with van der Waals surface area (Å²) in [4.78, 5) is 36.4. The maximum atomic E-state index is 13.9. The largest absolute Gasteiger partial charge is 0.488 e. The minimum absolute atomic E-state index is 0.121. The van der Waals surface area contributed by atoms with Crippen LogP contribution in [0.5, 0.6) is 5.75 Å². The topological polar surface area (TPSA) is 135 Å². The number of amides is 2. The van der Waals surface area contributed by atoms with Crippen LogP contribution in [0.1, 0.15) is 65.4 Å². The number of likely N-dealkylation sites (tertiary alicyclic amines) is 1. The molecule has 3 N–H and O–H groups in total. The van der Waals surface area contributed by atoms with Gasteiger partial charge >= 0.3 is 13.6 Å². The number of aromatic nitrogens is 2. The third-order valence-electron chi connectivity index (χ3n) is 10.3. The Morgan fingerprint density at radius 2 is 1.90 bits per heavy atom. The van der Waals surface area contributed by atoms with E-state index in [2.05, 4.69) is 46.7 Å². The number of fused-ring (bicyclic) bond motifs is 6. The Labute approximate surface area is 287 Å². The van der Waals surface area contributed by atoms with Crippen LogP contribution in [0.2, 0.25) is 0 Å². The number of aromatic amines is 1. The molecule has 11 nitrogen and oxygen atoms in total. The van der Waals surface area contributed by atoms with Crippen molar-refractivity contribution in [3.8, 4) is 16.9 Å². The molecule has 12 heteroatoms. The fourth-order valence-corrected chi connectivity index (χ4v) is 6.71. The molecule has 0 spiro atoms. The van der Waals surface area contributed by atoms with Crippen molar-refractivity contribution in [1.82, 2.24) is 20.2 Å². The number of hydrogen-bond donors (Lipinski definition) is 3. The number of ether oxygens (including phenoxy) is 3. The van der Waals surface area contributed by atoms with Crippen molar-refractivity contribution in [2.45, 2.75) is 77.9 Å². The molecule has 1 fully saturated rings. The maximum absolute atomic E-state index is 13.9. The van der Waals surface area contributed by atoms with E-state index < -0.39 is 23.3 Å². The molecule has 1 aromatic heterocycles. The number of alkyl carbamates (subject to hydrolysis) is 1. The van der Waals surface area contributed by atoms with Gasteiger partial charge in [0.25, 0.3) is 0 Å². The third kappa shape index (κ3) is 6.74. The van der Waals surface area contributed by atoms with Gasteiger partial charge in [0.15, 0.2) is 0 Å². The number of carbonyl (C=O) groups is 2. The molecule has 0 unspecified atom stereocenters.